The van der Waals surface area contributed by atoms with Crippen LogP contribution in [0, 0.1) is 0 Å². The Balaban J connectivity index is 1.98. The first-order valence-corrected chi connectivity index (χ1v) is 15.9. The van der Waals surface area contributed by atoms with Gasteiger partial charge in [-0.25, -0.2) is 0 Å². The molecule has 3 rings (SSSR count). The van der Waals surface area contributed by atoms with Crippen molar-refractivity contribution < 1.29 is 23.4 Å². The molecule has 5 nitrogen and oxygen atoms in total. The van der Waals surface area contributed by atoms with Gasteiger partial charge in [0.15, 0.2) is 8.32 Å². The molecule has 0 aromatic heterocycles. The minimum atomic E-state index is -1.91. The van der Waals surface area contributed by atoms with E-state index in [2.05, 4.69) is 61.1 Å². The summed E-state index contributed by atoms with van der Waals surface area (Å²) in [6.45, 7) is 22.8. The molecule has 0 radical (unpaired) electrons. The van der Waals surface area contributed by atoms with Crippen LogP contribution in [0.3, 0.4) is 0 Å². The Morgan fingerprint density at radius 2 is 1.59 bits per heavy atom. The molecular weight excluding hydrogens is 480 g/mol. The third kappa shape index (κ3) is 5.71. The van der Waals surface area contributed by atoms with Crippen LogP contribution in [0.2, 0.25) is 16.6 Å². The number of hydrogen-bond acceptors (Lipinski definition) is 5. The Morgan fingerprint density at radius 1 is 1.00 bits per heavy atom. The van der Waals surface area contributed by atoms with Gasteiger partial charge in [0.2, 0.25) is 0 Å². The maximum Gasteiger partial charge on any atom is 0.200 e. The van der Waals surface area contributed by atoms with Crippen LogP contribution in [-0.4, -0.2) is 41.4 Å². The Hall–Kier alpha value is -2.02. The van der Waals surface area contributed by atoms with E-state index < -0.39 is 8.32 Å². The zero-order valence-corrected chi connectivity index (χ0v) is 25.6. The lowest BCUT2D eigenvalue weighted by molar-refractivity contribution is -0.0273. The Labute approximate surface area is 225 Å². The molecule has 0 aliphatic carbocycles. The average molecular weight is 529 g/mol. The van der Waals surface area contributed by atoms with Crippen LogP contribution in [0.4, 0.5) is 0 Å². The van der Waals surface area contributed by atoms with Crippen molar-refractivity contribution in [2.24, 2.45) is 0 Å². The van der Waals surface area contributed by atoms with E-state index in [1.165, 1.54) is 5.56 Å². The largest absolute Gasteiger partial charge is 0.496 e. The van der Waals surface area contributed by atoms with Crippen molar-refractivity contribution in [1.29, 1.82) is 0 Å². The minimum Gasteiger partial charge on any atom is -0.496 e. The topological polar surface area (TPSA) is 46.2 Å². The van der Waals surface area contributed by atoms with Gasteiger partial charge in [-0.2, -0.15) is 0 Å². The number of fused-ring (bicyclic) bond motifs is 2. The van der Waals surface area contributed by atoms with E-state index in [-0.39, 0.29) is 18.3 Å². The summed E-state index contributed by atoms with van der Waals surface area (Å²) < 4.78 is 31.4. The molecule has 0 amide bonds. The lowest BCUT2D eigenvalue weighted by Crippen LogP contribution is -2.48. The Kier molecular flexibility index (Phi) is 9.76. The van der Waals surface area contributed by atoms with E-state index in [1.807, 2.05) is 19.1 Å². The number of hydrogen-bond donors (Lipinski definition) is 0. The minimum absolute atomic E-state index is 0.0828. The van der Waals surface area contributed by atoms with Gasteiger partial charge in [0, 0.05) is 17.6 Å². The Bertz CT molecular complexity index is 1060. The third-order valence-corrected chi connectivity index (χ3v) is 14.2. The van der Waals surface area contributed by atoms with Gasteiger partial charge in [0.05, 0.1) is 31.8 Å². The first-order chi connectivity index (χ1) is 17.5. The van der Waals surface area contributed by atoms with E-state index >= 15 is 0 Å². The molecule has 1 heterocycles. The van der Waals surface area contributed by atoms with Gasteiger partial charge in [0.1, 0.15) is 23.4 Å². The van der Waals surface area contributed by atoms with Gasteiger partial charge in [-0.05, 0) is 67.1 Å². The number of ether oxygens (including phenoxy) is 4. The van der Waals surface area contributed by atoms with Crippen LogP contribution in [-0.2, 0) is 15.6 Å². The fourth-order valence-corrected chi connectivity index (χ4v) is 12.0. The van der Waals surface area contributed by atoms with E-state index in [4.69, 9.17) is 23.4 Å². The number of benzene rings is 2. The number of methoxy groups -OCH3 is 2. The summed E-state index contributed by atoms with van der Waals surface area (Å²) in [4.78, 5) is 0. The van der Waals surface area contributed by atoms with Gasteiger partial charge in [-0.3, -0.25) is 0 Å². The van der Waals surface area contributed by atoms with Gasteiger partial charge in [-0.15, -0.1) is 0 Å². The lowest BCUT2D eigenvalue weighted by Gasteiger charge is -2.42. The molecule has 206 valence electrons. The maximum absolute atomic E-state index is 6.85. The molecule has 0 N–H and O–H groups in total. The van der Waals surface area contributed by atoms with Gasteiger partial charge in [-0.1, -0.05) is 54.2 Å². The van der Waals surface area contributed by atoms with Crippen molar-refractivity contribution in [3.63, 3.8) is 0 Å². The van der Waals surface area contributed by atoms with E-state index in [0.717, 1.165) is 53.0 Å². The second-order valence-corrected chi connectivity index (χ2v) is 16.7. The second-order valence-electron chi connectivity index (χ2n) is 11.3. The fourth-order valence-electron chi connectivity index (χ4n) is 6.50. The molecule has 2 aromatic carbocycles. The first-order valence-electron chi connectivity index (χ1n) is 13.8. The molecule has 1 aliphatic heterocycles. The van der Waals surface area contributed by atoms with Crippen LogP contribution in [0.5, 0.6) is 17.2 Å². The smallest absolute Gasteiger partial charge is 0.200 e. The highest BCUT2D eigenvalue weighted by Crippen LogP contribution is 2.48. The van der Waals surface area contributed by atoms with Crippen molar-refractivity contribution in [3.05, 3.63) is 42.0 Å². The summed E-state index contributed by atoms with van der Waals surface area (Å²) in [5.74, 6) is 2.35. The highest BCUT2D eigenvalue weighted by molar-refractivity contribution is 6.77. The molecule has 0 fully saturated rings. The quantitative estimate of drug-likeness (QED) is 0.204. The highest BCUT2D eigenvalue weighted by Gasteiger charge is 2.45. The van der Waals surface area contributed by atoms with Crippen LogP contribution in [0.1, 0.15) is 79.0 Å². The third-order valence-electron chi connectivity index (χ3n) is 8.13. The van der Waals surface area contributed by atoms with Crippen molar-refractivity contribution in [2.45, 2.75) is 103 Å². The molecule has 3 atom stereocenters. The molecule has 0 unspecified atom stereocenters. The van der Waals surface area contributed by atoms with Gasteiger partial charge >= 0.3 is 0 Å². The van der Waals surface area contributed by atoms with Crippen LogP contribution in [0.15, 0.2) is 30.9 Å². The summed E-state index contributed by atoms with van der Waals surface area (Å²) in [5.41, 5.74) is 4.02. The molecule has 0 bridgehead atoms. The summed E-state index contributed by atoms with van der Waals surface area (Å²) in [7, 11) is 1.48. The van der Waals surface area contributed by atoms with Crippen molar-refractivity contribution in [1.82, 2.24) is 0 Å². The lowest BCUT2D eigenvalue weighted by atomic mass is 9.89. The maximum atomic E-state index is 6.85. The van der Waals surface area contributed by atoms with Crippen molar-refractivity contribution in [2.75, 3.05) is 20.8 Å². The molecular formula is C31H48O5Si. The van der Waals surface area contributed by atoms with Crippen LogP contribution < -0.4 is 14.2 Å². The molecule has 1 aliphatic rings. The first kappa shape index (κ1) is 29.5. The monoisotopic (exact) mass is 528 g/mol. The number of rotatable bonds is 12. The van der Waals surface area contributed by atoms with Crippen molar-refractivity contribution in [3.8, 4) is 17.2 Å². The van der Waals surface area contributed by atoms with Gasteiger partial charge in [0.25, 0.3) is 0 Å². The molecule has 0 saturated heterocycles. The van der Waals surface area contributed by atoms with Crippen LogP contribution in [0.25, 0.3) is 10.8 Å². The predicted molar refractivity (Wildman–Crippen MR) is 156 cm³/mol. The van der Waals surface area contributed by atoms with E-state index in [1.54, 1.807) is 20.3 Å². The van der Waals surface area contributed by atoms with Gasteiger partial charge < -0.3 is 23.4 Å². The second kappa shape index (κ2) is 12.2. The molecule has 0 spiro atoms. The standard InChI is InChI=1S/C31H48O5Si/c1-12-22(8)35-31-29-23(9)36-25(15-16-34-37(19(2)3,20(4)5)21(6)7)17-24(29)18-26-27(32-10)13-14-28(33-11)30(26)31/h12-14,18-23,25H,1,15-17H2,2-11H3/t22-,23+,25+/m1/s1. The Morgan fingerprint density at radius 3 is 2.14 bits per heavy atom. The highest BCUT2D eigenvalue weighted by atomic mass is 28.4. The summed E-state index contributed by atoms with van der Waals surface area (Å²) in [6.07, 6.45) is 3.28. The zero-order chi connectivity index (χ0) is 27.5. The average Bonchev–Trinajstić information content (AvgIpc) is 2.84. The normalized spacial score (nSPS) is 18.8. The van der Waals surface area contributed by atoms with E-state index in [0.29, 0.717) is 16.6 Å². The fraction of sp³-hybridized carbons (Fsp3) is 0.613. The zero-order valence-electron chi connectivity index (χ0n) is 24.6. The van der Waals surface area contributed by atoms with Crippen molar-refractivity contribution >= 4 is 19.1 Å². The molecule has 0 saturated carbocycles. The molecule has 37 heavy (non-hydrogen) atoms. The van der Waals surface area contributed by atoms with Crippen LogP contribution >= 0.6 is 0 Å². The predicted octanol–water partition coefficient (Wildman–Crippen LogP) is 8.39. The molecule has 2 aromatic rings. The summed E-state index contributed by atoms with van der Waals surface area (Å²) in [5, 5.41) is 1.90. The SMILES string of the molecule is C=C[C@@H](C)Oc1c2c(cc3c(OC)ccc(OC)c13)C[C@H](CCO[Si](C(C)C)(C(C)C)C(C)C)O[C@H]2C. The summed E-state index contributed by atoms with van der Waals surface area (Å²) in [6, 6.07) is 6.12. The summed E-state index contributed by atoms with van der Waals surface area (Å²) >= 11 is 0. The van der Waals surface area contributed by atoms with E-state index in [9.17, 15) is 0 Å². The molecule has 6 heteroatoms.